The van der Waals surface area contributed by atoms with Crippen molar-refractivity contribution in [3.8, 4) is 0 Å². The van der Waals surface area contributed by atoms with Gasteiger partial charge in [-0.1, -0.05) is 25.7 Å². The first-order valence-electron chi connectivity index (χ1n) is 7.03. The van der Waals surface area contributed by atoms with Gasteiger partial charge in [-0.15, -0.1) is 0 Å². The number of nitrogens with zero attached hydrogens (tertiary/aromatic N) is 2. The van der Waals surface area contributed by atoms with Gasteiger partial charge in [0.2, 0.25) is 0 Å². The van der Waals surface area contributed by atoms with Gasteiger partial charge in [-0.3, -0.25) is 0 Å². The molecule has 1 aliphatic rings. The van der Waals surface area contributed by atoms with Crippen molar-refractivity contribution < 1.29 is 4.74 Å². The second-order valence-electron chi connectivity index (χ2n) is 5.17. The van der Waals surface area contributed by atoms with Crippen molar-refractivity contribution >= 4 is 21.7 Å². The standard InChI is InChI=1S/C14H22BrN3O/c1-3-19-14(8-6-4-5-7-9-14)13-17-10(2)11(15)12(16)18-13/h3-9H2,1-2H3,(H2,16,17,18). The van der Waals surface area contributed by atoms with Gasteiger partial charge in [-0.2, -0.15) is 0 Å². The molecule has 106 valence electrons. The number of hydrogen-bond donors (Lipinski definition) is 1. The maximum Gasteiger partial charge on any atom is 0.162 e. The highest BCUT2D eigenvalue weighted by atomic mass is 79.9. The zero-order valence-electron chi connectivity index (χ0n) is 11.7. The van der Waals surface area contributed by atoms with Crippen molar-refractivity contribution in [2.24, 2.45) is 0 Å². The first-order valence-corrected chi connectivity index (χ1v) is 7.82. The van der Waals surface area contributed by atoms with Gasteiger partial charge in [0.05, 0.1) is 10.2 Å². The number of nitrogen functional groups attached to an aromatic ring is 1. The lowest BCUT2D eigenvalue weighted by Gasteiger charge is -2.31. The Morgan fingerprint density at radius 3 is 2.37 bits per heavy atom. The molecule has 0 atom stereocenters. The summed E-state index contributed by atoms with van der Waals surface area (Å²) in [6.07, 6.45) is 6.83. The second kappa shape index (κ2) is 6.18. The van der Waals surface area contributed by atoms with E-state index in [2.05, 4.69) is 25.9 Å². The van der Waals surface area contributed by atoms with Gasteiger partial charge in [0, 0.05) is 6.61 Å². The Bertz CT molecular complexity index is 419. The third kappa shape index (κ3) is 3.08. The average molecular weight is 328 g/mol. The predicted octanol–water partition coefficient (Wildman–Crippen LogP) is 3.72. The molecule has 1 aromatic heterocycles. The van der Waals surface area contributed by atoms with Crippen LogP contribution < -0.4 is 5.73 Å². The molecule has 1 heterocycles. The predicted molar refractivity (Wildman–Crippen MR) is 79.9 cm³/mol. The van der Waals surface area contributed by atoms with Crippen LogP contribution >= 0.6 is 15.9 Å². The molecule has 4 nitrogen and oxygen atoms in total. The molecule has 1 saturated carbocycles. The number of rotatable bonds is 3. The molecular weight excluding hydrogens is 306 g/mol. The minimum atomic E-state index is -0.342. The smallest absolute Gasteiger partial charge is 0.162 e. The summed E-state index contributed by atoms with van der Waals surface area (Å²) in [5.74, 6) is 1.26. The number of ether oxygens (including phenoxy) is 1. The summed E-state index contributed by atoms with van der Waals surface area (Å²) in [6.45, 7) is 4.65. The molecule has 0 aromatic carbocycles. The molecule has 2 N–H and O–H groups in total. The lowest BCUT2D eigenvalue weighted by atomic mass is 9.93. The molecule has 0 spiro atoms. The summed E-state index contributed by atoms with van der Waals surface area (Å²) in [4.78, 5) is 9.11. The van der Waals surface area contributed by atoms with Crippen LogP contribution in [0.3, 0.4) is 0 Å². The monoisotopic (exact) mass is 327 g/mol. The van der Waals surface area contributed by atoms with Crippen molar-refractivity contribution in [1.29, 1.82) is 0 Å². The average Bonchev–Trinajstić information content (AvgIpc) is 2.62. The van der Waals surface area contributed by atoms with E-state index >= 15 is 0 Å². The summed E-state index contributed by atoms with van der Waals surface area (Å²) in [6, 6.07) is 0. The van der Waals surface area contributed by atoms with Gasteiger partial charge in [0.25, 0.3) is 0 Å². The molecule has 5 heteroatoms. The van der Waals surface area contributed by atoms with E-state index in [4.69, 9.17) is 10.5 Å². The number of nitrogens with two attached hydrogens (primary N) is 1. The van der Waals surface area contributed by atoms with Crippen molar-refractivity contribution in [2.75, 3.05) is 12.3 Å². The van der Waals surface area contributed by atoms with E-state index in [1.165, 1.54) is 25.7 Å². The van der Waals surface area contributed by atoms with Crippen LogP contribution in [-0.4, -0.2) is 16.6 Å². The molecule has 1 fully saturated rings. The zero-order valence-corrected chi connectivity index (χ0v) is 13.3. The van der Waals surface area contributed by atoms with Crippen LogP contribution in [0.4, 0.5) is 5.82 Å². The molecule has 0 bridgehead atoms. The molecule has 19 heavy (non-hydrogen) atoms. The normalized spacial score (nSPS) is 19.1. The van der Waals surface area contributed by atoms with Crippen LogP contribution in [0.2, 0.25) is 0 Å². The zero-order chi connectivity index (χ0) is 13.9. The van der Waals surface area contributed by atoms with E-state index in [0.717, 1.165) is 28.8 Å². The van der Waals surface area contributed by atoms with Crippen molar-refractivity contribution in [2.45, 2.75) is 58.0 Å². The largest absolute Gasteiger partial charge is 0.383 e. The Labute approximate surface area is 123 Å². The van der Waals surface area contributed by atoms with Crippen LogP contribution in [0.1, 0.15) is 57.0 Å². The minimum absolute atomic E-state index is 0.342. The van der Waals surface area contributed by atoms with Gasteiger partial charge in [0.15, 0.2) is 5.82 Å². The maximum absolute atomic E-state index is 6.09. The third-order valence-corrected chi connectivity index (χ3v) is 4.76. The van der Waals surface area contributed by atoms with Gasteiger partial charge in [-0.05, 0) is 42.6 Å². The lowest BCUT2D eigenvalue weighted by Crippen LogP contribution is -2.32. The van der Waals surface area contributed by atoms with Gasteiger partial charge in [-0.25, -0.2) is 9.97 Å². The molecule has 1 aromatic rings. The Balaban J connectivity index is 2.42. The molecule has 0 aliphatic heterocycles. The molecule has 0 amide bonds. The Kier molecular flexibility index (Phi) is 4.79. The third-order valence-electron chi connectivity index (χ3n) is 3.78. The van der Waals surface area contributed by atoms with Crippen molar-refractivity contribution in [3.63, 3.8) is 0 Å². The lowest BCUT2D eigenvalue weighted by molar-refractivity contribution is -0.0624. The number of hydrogen-bond acceptors (Lipinski definition) is 4. The summed E-state index contributed by atoms with van der Waals surface area (Å²) < 4.78 is 6.88. The molecule has 0 unspecified atom stereocenters. The molecule has 2 rings (SSSR count). The highest BCUT2D eigenvalue weighted by molar-refractivity contribution is 9.10. The fourth-order valence-electron chi connectivity index (χ4n) is 2.79. The minimum Gasteiger partial charge on any atom is -0.383 e. The fraction of sp³-hybridized carbons (Fsp3) is 0.714. The molecule has 1 aliphatic carbocycles. The first kappa shape index (κ1) is 14.7. The molecule has 0 saturated heterocycles. The number of anilines is 1. The summed E-state index contributed by atoms with van der Waals surface area (Å²) in [5, 5.41) is 0. The van der Waals surface area contributed by atoms with Gasteiger partial charge < -0.3 is 10.5 Å². The highest BCUT2D eigenvalue weighted by Gasteiger charge is 2.37. The molecule has 0 radical (unpaired) electrons. The Morgan fingerprint density at radius 2 is 1.84 bits per heavy atom. The summed E-state index contributed by atoms with van der Waals surface area (Å²) >= 11 is 3.42. The van der Waals surface area contributed by atoms with Crippen LogP contribution in [0.25, 0.3) is 0 Å². The highest BCUT2D eigenvalue weighted by Crippen LogP contribution is 2.39. The van der Waals surface area contributed by atoms with Crippen LogP contribution in [-0.2, 0) is 10.3 Å². The molecular formula is C14H22BrN3O. The second-order valence-corrected chi connectivity index (χ2v) is 5.97. The Morgan fingerprint density at radius 1 is 1.21 bits per heavy atom. The number of aromatic nitrogens is 2. The van der Waals surface area contributed by atoms with Crippen LogP contribution in [0.15, 0.2) is 4.47 Å². The van der Waals surface area contributed by atoms with Crippen molar-refractivity contribution in [3.05, 3.63) is 16.0 Å². The number of halogens is 1. The topological polar surface area (TPSA) is 61.0 Å². The summed E-state index contributed by atoms with van der Waals surface area (Å²) in [5.41, 5.74) is 6.51. The summed E-state index contributed by atoms with van der Waals surface area (Å²) in [7, 11) is 0. The maximum atomic E-state index is 6.09. The van der Waals surface area contributed by atoms with Crippen molar-refractivity contribution in [1.82, 2.24) is 9.97 Å². The SMILES string of the molecule is CCOC1(c2nc(C)c(Br)c(N)n2)CCCCCC1. The van der Waals surface area contributed by atoms with E-state index in [-0.39, 0.29) is 5.60 Å². The first-order chi connectivity index (χ1) is 9.09. The van der Waals surface area contributed by atoms with Gasteiger partial charge >= 0.3 is 0 Å². The van der Waals surface area contributed by atoms with E-state index in [0.29, 0.717) is 12.4 Å². The van der Waals surface area contributed by atoms with Crippen LogP contribution in [0.5, 0.6) is 0 Å². The Hall–Kier alpha value is -0.680. The number of aryl methyl sites for hydroxylation is 1. The van der Waals surface area contributed by atoms with Gasteiger partial charge in [0.1, 0.15) is 11.4 Å². The van der Waals surface area contributed by atoms with E-state index in [1.807, 2.05) is 13.8 Å². The fourth-order valence-corrected chi connectivity index (χ4v) is 2.97. The quantitative estimate of drug-likeness (QED) is 0.859. The van der Waals surface area contributed by atoms with E-state index in [9.17, 15) is 0 Å². The van der Waals surface area contributed by atoms with E-state index in [1.54, 1.807) is 0 Å². The van der Waals surface area contributed by atoms with Crippen LogP contribution in [0, 0.1) is 6.92 Å². The van der Waals surface area contributed by atoms with E-state index < -0.39 is 0 Å².